The van der Waals surface area contributed by atoms with Crippen LogP contribution >= 0.6 is 11.8 Å². The van der Waals surface area contributed by atoms with Crippen LogP contribution < -0.4 is 15.7 Å². The van der Waals surface area contributed by atoms with E-state index < -0.39 is 22.0 Å². The lowest BCUT2D eigenvalue weighted by atomic mass is 10.2. The summed E-state index contributed by atoms with van der Waals surface area (Å²) in [5.74, 6) is -0.941. The molecule has 1 aliphatic rings. The largest absolute Gasteiger partial charge is 0.373 e. The zero-order chi connectivity index (χ0) is 22.0. The number of nitrogens with two attached hydrogens (primary N) is 1. The van der Waals surface area contributed by atoms with Crippen LogP contribution in [0.4, 0.5) is 11.4 Å². The summed E-state index contributed by atoms with van der Waals surface area (Å²) >= 11 is 0.960. The van der Waals surface area contributed by atoms with Gasteiger partial charge in [0.2, 0.25) is 23.2 Å². The molecule has 0 aliphatic carbocycles. The number of hydrogen-bond donors (Lipinski definition) is 3. The molecule has 1 aliphatic heterocycles. The van der Waals surface area contributed by atoms with Crippen molar-refractivity contribution in [2.45, 2.75) is 11.7 Å². The number of carbonyl (C=O) groups is 2. The van der Waals surface area contributed by atoms with Crippen molar-refractivity contribution in [2.75, 3.05) is 4.90 Å². The number of nitrogens with one attached hydrogen (secondary N) is 2. The summed E-state index contributed by atoms with van der Waals surface area (Å²) in [6.45, 7) is 0. The molecule has 4 N–H and O–H groups in total. The average Bonchev–Trinajstić information content (AvgIpc) is 3.28. The summed E-state index contributed by atoms with van der Waals surface area (Å²) in [5.41, 5.74) is 7.75. The van der Waals surface area contributed by atoms with Gasteiger partial charge in [-0.2, -0.15) is 0 Å². The van der Waals surface area contributed by atoms with Crippen molar-refractivity contribution in [1.82, 2.24) is 4.98 Å². The number of amidine groups is 1. The maximum Gasteiger partial charge on any atom is 0.271 e. The van der Waals surface area contributed by atoms with Crippen molar-refractivity contribution in [2.24, 2.45) is 10.8 Å². The lowest BCUT2D eigenvalue weighted by Gasteiger charge is -2.14. The highest BCUT2D eigenvalue weighted by Gasteiger charge is 2.41. The number of non-ortho nitro benzene ring substituents is 1. The number of para-hydroxylation sites is 1. The van der Waals surface area contributed by atoms with Crippen LogP contribution in [0.2, 0.25) is 0 Å². The van der Waals surface area contributed by atoms with E-state index in [-0.39, 0.29) is 23.0 Å². The summed E-state index contributed by atoms with van der Waals surface area (Å²) in [7, 11) is 0. The highest BCUT2D eigenvalue weighted by atomic mass is 32.2. The number of H-pyrrole nitrogens is 1. The second kappa shape index (κ2) is 8.40. The predicted octanol–water partition coefficient (Wildman–Crippen LogP) is 0.871. The van der Waals surface area contributed by atoms with Gasteiger partial charge < -0.3 is 10.7 Å². The fraction of sp³-hybridized carbons (Fsp3) is 0.100. The minimum absolute atomic E-state index is 0.0748. The first-order chi connectivity index (χ1) is 14.9. The third-order valence-electron chi connectivity index (χ3n) is 4.68. The second-order valence-electron chi connectivity index (χ2n) is 6.67. The molecule has 2 heterocycles. The molecule has 2 aromatic carbocycles. The van der Waals surface area contributed by atoms with Crippen molar-refractivity contribution in [3.8, 4) is 0 Å². The van der Waals surface area contributed by atoms with Crippen LogP contribution in [-0.2, 0) is 9.59 Å². The van der Waals surface area contributed by atoms with Gasteiger partial charge in [-0.15, -0.1) is 5.10 Å². The van der Waals surface area contributed by atoms with Gasteiger partial charge in [0.05, 0.1) is 16.2 Å². The van der Waals surface area contributed by atoms with Crippen LogP contribution in [0.15, 0.2) is 59.8 Å². The third kappa shape index (κ3) is 4.16. The molecule has 0 bridgehead atoms. The zero-order valence-electron chi connectivity index (χ0n) is 16.0. The number of aromatic amines is 1. The summed E-state index contributed by atoms with van der Waals surface area (Å²) in [6.07, 6.45) is 3.42. The first-order valence-corrected chi connectivity index (χ1v) is 10.1. The van der Waals surface area contributed by atoms with Crippen molar-refractivity contribution in [3.05, 3.63) is 70.4 Å². The van der Waals surface area contributed by atoms with Gasteiger partial charge in [-0.05, 0) is 12.1 Å². The highest BCUT2D eigenvalue weighted by molar-refractivity contribution is 8.14. The number of rotatable bonds is 5. The molecular formula is C20H17N6O4S+. The second-order valence-corrected chi connectivity index (χ2v) is 7.89. The maximum absolute atomic E-state index is 12.7. The number of aromatic nitrogens is 1. The molecule has 156 valence electrons. The molecule has 1 fully saturated rings. The number of benzene rings is 2. The molecule has 0 spiro atoms. The number of thioether (sulfide) groups is 1. The molecule has 1 unspecified atom stereocenters. The van der Waals surface area contributed by atoms with Gasteiger partial charge in [-0.25, -0.2) is 4.90 Å². The number of hydrazone groups is 1. The monoisotopic (exact) mass is 437 g/mol. The SMILES string of the molecule is NC(=N/[NH+]=C/c1c[nH]c2ccccc12)SC1CC(=O)N(c2cccc([N+](=O)[O-])c2)C1=O. The minimum atomic E-state index is -0.759. The van der Waals surface area contributed by atoms with Crippen LogP contribution in [0.5, 0.6) is 0 Å². The van der Waals surface area contributed by atoms with E-state index in [0.717, 1.165) is 33.1 Å². The topological polar surface area (TPSA) is 149 Å². The van der Waals surface area contributed by atoms with Crippen LogP contribution in [0, 0.1) is 10.1 Å². The summed E-state index contributed by atoms with van der Waals surface area (Å²) in [4.78, 5) is 39.6. The van der Waals surface area contributed by atoms with Gasteiger partial charge in [0.25, 0.3) is 5.69 Å². The molecule has 1 atom stereocenters. The van der Waals surface area contributed by atoms with Crippen molar-refractivity contribution in [1.29, 1.82) is 0 Å². The van der Waals surface area contributed by atoms with E-state index in [9.17, 15) is 19.7 Å². The lowest BCUT2D eigenvalue weighted by Crippen LogP contribution is -2.62. The van der Waals surface area contributed by atoms with Crippen molar-refractivity contribution < 1.29 is 19.6 Å². The van der Waals surface area contributed by atoms with Gasteiger partial charge in [0, 0.05) is 40.8 Å². The minimum Gasteiger partial charge on any atom is -0.373 e. The fourth-order valence-electron chi connectivity index (χ4n) is 3.26. The molecule has 10 nitrogen and oxygen atoms in total. The number of anilines is 1. The van der Waals surface area contributed by atoms with Crippen molar-refractivity contribution >= 4 is 57.2 Å². The number of amides is 2. The van der Waals surface area contributed by atoms with Gasteiger partial charge in [0.15, 0.2) is 0 Å². The number of carbonyl (C=O) groups excluding carboxylic acids is 2. The Morgan fingerprint density at radius 2 is 2.10 bits per heavy atom. The molecule has 3 aromatic rings. The number of fused-ring (bicyclic) bond motifs is 1. The number of imide groups is 1. The van der Waals surface area contributed by atoms with E-state index in [2.05, 4.69) is 15.2 Å². The average molecular weight is 437 g/mol. The van der Waals surface area contributed by atoms with E-state index in [0.29, 0.717) is 0 Å². The van der Waals surface area contributed by atoms with Gasteiger partial charge in [0.1, 0.15) is 5.25 Å². The van der Waals surface area contributed by atoms with E-state index in [1.54, 1.807) is 6.21 Å². The Balaban J connectivity index is 1.45. The van der Waals surface area contributed by atoms with Gasteiger partial charge in [-0.1, -0.05) is 36.0 Å². The lowest BCUT2D eigenvalue weighted by molar-refractivity contribution is -0.456. The summed E-state index contributed by atoms with van der Waals surface area (Å²) in [6, 6.07) is 13.2. The van der Waals surface area contributed by atoms with Crippen LogP contribution in [0.1, 0.15) is 12.0 Å². The molecule has 0 saturated carbocycles. The Bertz CT molecular complexity index is 1250. The Morgan fingerprint density at radius 3 is 2.90 bits per heavy atom. The molecule has 31 heavy (non-hydrogen) atoms. The summed E-state index contributed by atoms with van der Waals surface area (Å²) in [5, 5.41) is 18.1. The van der Waals surface area contributed by atoms with Crippen LogP contribution in [0.25, 0.3) is 10.9 Å². The van der Waals surface area contributed by atoms with Crippen LogP contribution in [-0.4, -0.2) is 38.4 Å². The Hall–Kier alpha value is -3.99. The first-order valence-electron chi connectivity index (χ1n) is 9.20. The standard InChI is InChI=1S/C20H16N6O4S/c21-20(24-23-11-12-10-22-16-7-2-1-6-15(12)16)31-17-9-18(27)25(19(17)28)13-4-3-5-14(8-13)26(29)30/h1-8,10-11,17,22H,9H2,(H2,21,24)/p+1/b23-11+. The third-order valence-corrected chi connectivity index (χ3v) is 5.67. The van der Waals surface area contributed by atoms with E-state index in [4.69, 9.17) is 5.73 Å². The molecule has 11 heteroatoms. The quantitative estimate of drug-likeness (QED) is 0.177. The van der Waals surface area contributed by atoms with Gasteiger partial charge in [-0.3, -0.25) is 19.7 Å². The smallest absolute Gasteiger partial charge is 0.271 e. The molecular weight excluding hydrogens is 420 g/mol. The molecule has 1 saturated heterocycles. The zero-order valence-corrected chi connectivity index (χ0v) is 16.8. The van der Waals surface area contributed by atoms with E-state index >= 15 is 0 Å². The van der Waals surface area contributed by atoms with Crippen LogP contribution in [0.3, 0.4) is 0 Å². The number of nitro groups is 1. The number of nitro benzene ring substituents is 1. The highest BCUT2D eigenvalue weighted by Crippen LogP contribution is 2.31. The Morgan fingerprint density at radius 1 is 1.29 bits per heavy atom. The van der Waals surface area contributed by atoms with Crippen molar-refractivity contribution in [3.63, 3.8) is 0 Å². The fourth-order valence-corrected chi connectivity index (χ4v) is 4.09. The molecule has 1 aromatic heterocycles. The Kier molecular flexibility index (Phi) is 5.50. The Labute approximate surface area is 180 Å². The predicted molar refractivity (Wildman–Crippen MR) is 118 cm³/mol. The molecule has 4 rings (SSSR count). The maximum atomic E-state index is 12.7. The first kappa shape index (κ1) is 20.3. The normalized spacial score (nSPS) is 17.2. The molecule has 2 amide bonds. The molecule has 0 radical (unpaired) electrons. The van der Waals surface area contributed by atoms with E-state index in [1.807, 2.05) is 30.5 Å². The van der Waals surface area contributed by atoms with E-state index in [1.165, 1.54) is 24.3 Å². The number of hydrogen-bond acceptors (Lipinski definition) is 6. The summed E-state index contributed by atoms with van der Waals surface area (Å²) < 4.78 is 0. The van der Waals surface area contributed by atoms with Gasteiger partial charge >= 0.3 is 0 Å². The number of nitrogens with zero attached hydrogens (tertiary/aromatic N) is 3.